The smallest absolute Gasteiger partial charge is 0.321 e. The molecule has 3 aromatic rings. The molecule has 0 saturated heterocycles. The highest BCUT2D eigenvalue weighted by Gasteiger charge is 2.30. The minimum atomic E-state index is -1.24. The number of amidine groups is 2. The van der Waals surface area contributed by atoms with E-state index in [9.17, 15) is 9.18 Å². The zero-order chi connectivity index (χ0) is 31.6. The van der Waals surface area contributed by atoms with E-state index in [2.05, 4.69) is 39.6 Å². The van der Waals surface area contributed by atoms with Crippen molar-refractivity contribution in [3.05, 3.63) is 71.9 Å². The van der Waals surface area contributed by atoms with E-state index in [1.165, 1.54) is 31.4 Å². The number of nitrogens with two attached hydrogens (primary N) is 1. The number of pyridine rings is 2. The molecule has 10 nitrogen and oxygen atoms in total. The fourth-order valence-electron chi connectivity index (χ4n) is 3.61. The molecule has 0 aliphatic rings. The molecule has 0 unspecified atom stereocenters. The zero-order valence-electron chi connectivity index (χ0n) is 25.8. The first-order chi connectivity index (χ1) is 20.3. The molecule has 230 valence electrons. The van der Waals surface area contributed by atoms with Crippen molar-refractivity contribution in [2.75, 3.05) is 27.1 Å². The van der Waals surface area contributed by atoms with E-state index >= 15 is 0 Å². The number of carbonyl (C=O) groups is 1. The maximum atomic E-state index is 13.4. The molecule has 0 spiro atoms. The number of nitrogens with zero attached hydrogens (tertiary/aromatic N) is 4. The minimum Gasteiger partial charge on any atom is -0.476 e. The topological polar surface area (TPSA) is 131 Å². The van der Waals surface area contributed by atoms with Crippen molar-refractivity contribution in [1.82, 2.24) is 9.97 Å². The highest BCUT2D eigenvalue weighted by Crippen LogP contribution is 2.26. The average molecular weight is 610 g/mol. The van der Waals surface area contributed by atoms with Crippen molar-refractivity contribution >= 4 is 25.9 Å². The van der Waals surface area contributed by atoms with Crippen molar-refractivity contribution in [3.63, 3.8) is 0 Å². The van der Waals surface area contributed by atoms with Gasteiger partial charge in [-0.25, -0.2) is 14.4 Å². The highest BCUT2D eigenvalue weighted by atomic mass is 28.3. The molecule has 0 amide bonds. The first-order valence-corrected chi connectivity index (χ1v) is 17.5. The summed E-state index contributed by atoms with van der Waals surface area (Å²) in [5, 5.41) is 0. The van der Waals surface area contributed by atoms with Gasteiger partial charge in [-0.1, -0.05) is 25.7 Å². The second-order valence-corrected chi connectivity index (χ2v) is 17.4. The van der Waals surface area contributed by atoms with E-state index < -0.39 is 13.5 Å². The Morgan fingerprint density at radius 1 is 1.07 bits per heavy atom. The first kappa shape index (κ1) is 33.3. The SMILES string of the molecule is COC(=O)C(C)(C)COc1cc(C)c(-c2ccc(C(N)=NC(=NCOCC[Si](C)(C)C)Oc3ccc(F)cc3)nc2)cn1. The van der Waals surface area contributed by atoms with Crippen LogP contribution in [-0.4, -0.2) is 62.9 Å². The number of halogens is 1. The fraction of sp³-hybridized carbons (Fsp3) is 0.387. The molecule has 0 aliphatic carbocycles. The number of rotatable bonds is 12. The van der Waals surface area contributed by atoms with Crippen LogP contribution in [0.3, 0.4) is 0 Å². The standard InChI is InChI=1S/C31H40FN5O5Si/c1-21-16-27(41-19-31(2,3)29(38)39-4)35-18-25(21)22-8-13-26(34-17-22)28(33)37-30(36-20-40-14-15-43(5,6)7)42-24-11-9-23(32)10-12-24/h8-13,16-18H,14-15,19-20H2,1-7H3,(H2,33,36,37). The van der Waals surface area contributed by atoms with Gasteiger partial charge in [0.1, 0.15) is 30.6 Å². The Morgan fingerprint density at radius 3 is 2.40 bits per heavy atom. The van der Waals surface area contributed by atoms with Gasteiger partial charge in [0.2, 0.25) is 5.88 Å². The lowest BCUT2D eigenvalue weighted by atomic mass is 9.95. The number of carbonyl (C=O) groups excluding carboxylic acids is 1. The average Bonchev–Trinajstić information content (AvgIpc) is 2.96. The van der Waals surface area contributed by atoms with E-state index in [0.29, 0.717) is 23.9 Å². The number of hydrogen-bond acceptors (Lipinski definition) is 8. The van der Waals surface area contributed by atoms with Gasteiger partial charge in [-0.05, 0) is 62.7 Å². The minimum absolute atomic E-state index is 0.0333. The Balaban J connectivity index is 1.74. The van der Waals surface area contributed by atoms with Gasteiger partial charge in [0, 0.05) is 44.3 Å². The van der Waals surface area contributed by atoms with E-state index in [-0.39, 0.29) is 37.0 Å². The number of hydrogen-bond donors (Lipinski definition) is 1. The molecule has 2 N–H and O–H groups in total. The summed E-state index contributed by atoms with van der Waals surface area (Å²) in [6, 6.07) is 11.9. The van der Waals surface area contributed by atoms with E-state index in [4.69, 9.17) is 24.7 Å². The number of benzene rings is 1. The van der Waals surface area contributed by atoms with Crippen LogP contribution < -0.4 is 15.2 Å². The number of aryl methyl sites for hydroxylation is 1. The number of aromatic nitrogens is 2. The van der Waals surface area contributed by atoms with Gasteiger partial charge in [-0.15, -0.1) is 0 Å². The Kier molecular flexibility index (Phi) is 11.5. The van der Waals surface area contributed by atoms with Gasteiger partial charge in [-0.2, -0.15) is 4.99 Å². The third-order valence-corrected chi connectivity index (χ3v) is 7.97. The molecule has 0 saturated carbocycles. The predicted octanol–water partition coefficient (Wildman–Crippen LogP) is 5.62. The van der Waals surface area contributed by atoms with Crippen molar-refractivity contribution < 1.29 is 28.1 Å². The van der Waals surface area contributed by atoms with Crippen LogP contribution >= 0.6 is 0 Å². The van der Waals surface area contributed by atoms with Crippen molar-refractivity contribution in [2.45, 2.75) is 46.5 Å². The summed E-state index contributed by atoms with van der Waals surface area (Å²) in [5.74, 6) is 0.0910. The van der Waals surface area contributed by atoms with Crippen LogP contribution in [0.5, 0.6) is 11.6 Å². The van der Waals surface area contributed by atoms with Gasteiger partial charge in [-0.3, -0.25) is 9.78 Å². The van der Waals surface area contributed by atoms with Gasteiger partial charge in [0.25, 0.3) is 0 Å². The second-order valence-electron chi connectivity index (χ2n) is 11.8. The molecule has 0 fully saturated rings. The Hall–Kier alpha value is -4.16. The molecular weight excluding hydrogens is 569 g/mol. The van der Waals surface area contributed by atoms with Crippen LogP contribution in [-0.2, 0) is 14.3 Å². The molecule has 3 rings (SSSR count). The summed E-state index contributed by atoms with van der Waals surface area (Å²) in [4.78, 5) is 29.4. The van der Waals surface area contributed by atoms with Crippen molar-refractivity contribution in [3.8, 4) is 22.8 Å². The van der Waals surface area contributed by atoms with Gasteiger partial charge in [0.05, 0.1) is 12.5 Å². The number of ether oxygens (including phenoxy) is 4. The van der Waals surface area contributed by atoms with Crippen LogP contribution in [0.25, 0.3) is 11.1 Å². The molecule has 2 aromatic heterocycles. The van der Waals surface area contributed by atoms with Crippen LogP contribution in [0.15, 0.2) is 64.8 Å². The normalized spacial score (nSPS) is 12.7. The van der Waals surface area contributed by atoms with Crippen molar-refractivity contribution in [1.29, 1.82) is 0 Å². The van der Waals surface area contributed by atoms with Gasteiger partial charge >= 0.3 is 12.0 Å². The predicted molar refractivity (Wildman–Crippen MR) is 168 cm³/mol. The van der Waals surface area contributed by atoms with E-state index in [1.54, 1.807) is 38.4 Å². The molecule has 0 aliphatic heterocycles. The van der Waals surface area contributed by atoms with Gasteiger partial charge in [0.15, 0.2) is 5.84 Å². The summed E-state index contributed by atoms with van der Waals surface area (Å²) in [5.41, 5.74) is 8.45. The van der Waals surface area contributed by atoms with Crippen molar-refractivity contribution in [2.24, 2.45) is 21.1 Å². The van der Waals surface area contributed by atoms with Gasteiger partial charge < -0.3 is 24.7 Å². The molecule has 43 heavy (non-hydrogen) atoms. The fourth-order valence-corrected chi connectivity index (χ4v) is 4.36. The summed E-state index contributed by atoms with van der Waals surface area (Å²) < 4.78 is 35.4. The Morgan fingerprint density at radius 2 is 1.79 bits per heavy atom. The van der Waals surface area contributed by atoms with E-state index in [0.717, 1.165) is 22.7 Å². The Bertz CT molecular complexity index is 1440. The summed E-state index contributed by atoms with van der Waals surface area (Å²) in [6.07, 6.45) is 3.35. The second kappa shape index (κ2) is 14.8. The molecule has 2 heterocycles. The van der Waals surface area contributed by atoms with Crippen LogP contribution in [0.4, 0.5) is 4.39 Å². The molecule has 0 atom stereocenters. The lowest BCUT2D eigenvalue weighted by Crippen LogP contribution is -2.32. The maximum Gasteiger partial charge on any atom is 0.321 e. The van der Waals surface area contributed by atoms with Crippen LogP contribution in [0.2, 0.25) is 25.7 Å². The third-order valence-electron chi connectivity index (χ3n) is 6.27. The maximum absolute atomic E-state index is 13.4. The third kappa shape index (κ3) is 10.6. The number of esters is 1. The lowest BCUT2D eigenvalue weighted by molar-refractivity contribution is -0.152. The quantitative estimate of drug-likeness (QED) is 0.0920. The zero-order valence-corrected chi connectivity index (χ0v) is 26.8. The van der Waals surface area contributed by atoms with Crippen LogP contribution in [0.1, 0.15) is 25.1 Å². The monoisotopic (exact) mass is 609 g/mol. The molecular formula is C31H40FN5O5Si. The summed E-state index contributed by atoms with van der Waals surface area (Å²) >= 11 is 0. The largest absolute Gasteiger partial charge is 0.476 e. The Labute approximate surface area is 253 Å². The molecule has 1 aromatic carbocycles. The molecule has 12 heteroatoms. The number of aliphatic imine (C=N–C) groups is 2. The lowest BCUT2D eigenvalue weighted by Gasteiger charge is -2.21. The summed E-state index contributed by atoms with van der Waals surface area (Å²) in [7, 11) is 0.103. The van der Waals surface area contributed by atoms with Crippen LogP contribution in [0, 0.1) is 18.2 Å². The van der Waals surface area contributed by atoms with E-state index in [1.807, 2.05) is 13.0 Å². The molecule has 0 bridgehead atoms. The first-order valence-electron chi connectivity index (χ1n) is 13.8. The number of methoxy groups -OCH3 is 1. The highest BCUT2D eigenvalue weighted by molar-refractivity contribution is 6.76. The summed E-state index contributed by atoms with van der Waals surface area (Å²) in [6.45, 7) is 13.0. The molecule has 0 radical (unpaired) electrons.